The highest BCUT2D eigenvalue weighted by molar-refractivity contribution is 5.46. The molecule has 1 aliphatic carbocycles. The van der Waals surface area contributed by atoms with Gasteiger partial charge >= 0.3 is 0 Å². The second-order valence-corrected chi connectivity index (χ2v) is 4.02. The molecular weight excluding hydrogens is 176 g/mol. The molecule has 2 nitrogen and oxygen atoms in total. The van der Waals surface area contributed by atoms with Crippen molar-refractivity contribution in [3.63, 3.8) is 0 Å². The predicted molar refractivity (Wildman–Crippen MR) is 55.4 cm³/mol. The summed E-state index contributed by atoms with van der Waals surface area (Å²) in [6.07, 6.45) is 3.88. The monoisotopic (exact) mass is 192 g/mol. The Balaban J connectivity index is 2.55. The summed E-state index contributed by atoms with van der Waals surface area (Å²) in [6.45, 7) is 1.71. The zero-order valence-electron chi connectivity index (χ0n) is 8.45. The molecule has 0 bridgehead atoms. The van der Waals surface area contributed by atoms with Gasteiger partial charge in [-0.25, -0.2) is 0 Å². The molecule has 0 amide bonds. The van der Waals surface area contributed by atoms with Crippen LogP contribution in [0.15, 0.2) is 12.1 Å². The summed E-state index contributed by atoms with van der Waals surface area (Å²) in [5.41, 5.74) is 3.21. The van der Waals surface area contributed by atoms with Crippen LogP contribution in [0, 0.1) is 0 Å². The van der Waals surface area contributed by atoms with Crippen LogP contribution in [0.2, 0.25) is 0 Å². The molecule has 0 saturated heterocycles. The molecular formula is C12H16O2. The Morgan fingerprint density at radius 3 is 2.64 bits per heavy atom. The third-order valence-electron chi connectivity index (χ3n) is 2.97. The average Bonchev–Trinajstić information content (AvgIpc) is 2.17. The van der Waals surface area contributed by atoms with E-state index in [1.165, 1.54) is 17.5 Å². The van der Waals surface area contributed by atoms with Gasteiger partial charge in [0.25, 0.3) is 0 Å². The van der Waals surface area contributed by atoms with Gasteiger partial charge in [-0.15, -0.1) is 0 Å². The van der Waals surface area contributed by atoms with E-state index in [-0.39, 0.29) is 5.75 Å². The van der Waals surface area contributed by atoms with E-state index in [0.29, 0.717) is 0 Å². The number of hydrogen-bond donors (Lipinski definition) is 2. The Kier molecular flexibility index (Phi) is 2.46. The molecule has 1 aliphatic rings. The van der Waals surface area contributed by atoms with Gasteiger partial charge in [-0.1, -0.05) is 6.07 Å². The fourth-order valence-electron chi connectivity index (χ4n) is 2.31. The zero-order chi connectivity index (χ0) is 10.1. The maximum Gasteiger partial charge on any atom is 0.121 e. The summed E-state index contributed by atoms with van der Waals surface area (Å²) in [7, 11) is 0. The molecule has 0 radical (unpaired) electrons. The molecule has 0 spiro atoms. The van der Waals surface area contributed by atoms with Crippen LogP contribution >= 0.6 is 0 Å². The number of phenols is 1. The number of benzene rings is 1. The number of aliphatic hydroxyl groups is 1. The minimum atomic E-state index is -0.567. The van der Waals surface area contributed by atoms with Gasteiger partial charge in [-0.05, 0) is 49.8 Å². The number of rotatable bonds is 1. The molecule has 0 aliphatic heterocycles. The molecule has 2 rings (SSSR count). The molecule has 1 unspecified atom stereocenters. The lowest BCUT2D eigenvalue weighted by atomic mass is 9.86. The van der Waals surface area contributed by atoms with Crippen LogP contribution in [-0.2, 0) is 12.8 Å². The number of fused-ring (bicyclic) bond motifs is 1. The van der Waals surface area contributed by atoms with Gasteiger partial charge in [0.2, 0.25) is 0 Å². The van der Waals surface area contributed by atoms with Crippen molar-refractivity contribution in [2.45, 2.75) is 38.7 Å². The van der Waals surface area contributed by atoms with Gasteiger partial charge < -0.3 is 10.2 Å². The summed E-state index contributed by atoms with van der Waals surface area (Å²) in [5.74, 6) is 0.237. The zero-order valence-corrected chi connectivity index (χ0v) is 8.45. The summed E-state index contributed by atoms with van der Waals surface area (Å²) in [4.78, 5) is 0. The average molecular weight is 192 g/mol. The summed E-state index contributed by atoms with van der Waals surface area (Å²) < 4.78 is 0. The smallest absolute Gasteiger partial charge is 0.121 e. The lowest BCUT2D eigenvalue weighted by Crippen LogP contribution is -2.08. The minimum absolute atomic E-state index is 0.237. The molecule has 1 aromatic carbocycles. The van der Waals surface area contributed by atoms with Gasteiger partial charge in [0, 0.05) is 5.56 Å². The van der Waals surface area contributed by atoms with E-state index >= 15 is 0 Å². The molecule has 2 heteroatoms. The van der Waals surface area contributed by atoms with E-state index in [1.54, 1.807) is 13.0 Å². The van der Waals surface area contributed by atoms with Crippen molar-refractivity contribution in [1.29, 1.82) is 0 Å². The molecule has 0 fully saturated rings. The third kappa shape index (κ3) is 1.50. The van der Waals surface area contributed by atoms with Gasteiger partial charge in [0.15, 0.2) is 0 Å². The second-order valence-electron chi connectivity index (χ2n) is 4.02. The van der Waals surface area contributed by atoms with Crippen LogP contribution in [0.5, 0.6) is 5.75 Å². The fraction of sp³-hybridized carbons (Fsp3) is 0.500. The van der Waals surface area contributed by atoms with Crippen molar-refractivity contribution >= 4 is 0 Å². The lowest BCUT2D eigenvalue weighted by Gasteiger charge is -2.21. The second kappa shape index (κ2) is 3.62. The fourth-order valence-corrected chi connectivity index (χ4v) is 2.31. The van der Waals surface area contributed by atoms with Crippen molar-refractivity contribution < 1.29 is 10.2 Å². The van der Waals surface area contributed by atoms with Crippen LogP contribution in [0.4, 0.5) is 0 Å². The summed E-state index contributed by atoms with van der Waals surface area (Å²) >= 11 is 0. The first-order chi connectivity index (χ1) is 6.70. The molecule has 1 aromatic rings. The van der Waals surface area contributed by atoms with Crippen molar-refractivity contribution in [2.75, 3.05) is 0 Å². The van der Waals surface area contributed by atoms with Gasteiger partial charge in [-0.2, -0.15) is 0 Å². The summed E-state index contributed by atoms with van der Waals surface area (Å²) in [6, 6.07) is 3.68. The van der Waals surface area contributed by atoms with Crippen molar-refractivity contribution in [2.24, 2.45) is 0 Å². The normalized spacial score (nSPS) is 17.6. The molecule has 1 atom stereocenters. The standard InChI is InChI=1S/C12H16O2/c1-8(13)12-10-5-3-2-4-9(10)6-7-11(12)14/h6-8,13-14H,2-5H2,1H3. The Labute approximate surface area is 84.2 Å². The highest BCUT2D eigenvalue weighted by Gasteiger charge is 2.18. The number of aromatic hydroxyl groups is 1. The Morgan fingerprint density at radius 1 is 1.21 bits per heavy atom. The van der Waals surface area contributed by atoms with Crippen molar-refractivity contribution in [3.05, 3.63) is 28.8 Å². The van der Waals surface area contributed by atoms with Crippen LogP contribution < -0.4 is 0 Å². The van der Waals surface area contributed by atoms with Gasteiger partial charge in [0.05, 0.1) is 6.10 Å². The molecule has 0 saturated carbocycles. The topological polar surface area (TPSA) is 40.5 Å². The molecule has 76 valence electrons. The SMILES string of the molecule is CC(O)c1c(O)ccc2c1CCCC2. The maximum absolute atomic E-state index is 9.68. The Morgan fingerprint density at radius 2 is 1.93 bits per heavy atom. The van der Waals surface area contributed by atoms with E-state index in [9.17, 15) is 10.2 Å². The van der Waals surface area contributed by atoms with Crippen LogP contribution in [0.1, 0.15) is 42.6 Å². The van der Waals surface area contributed by atoms with E-state index < -0.39 is 6.10 Å². The first-order valence-corrected chi connectivity index (χ1v) is 5.22. The minimum Gasteiger partial charge on any atom is -0.508 e. The molecule has 2 N–H and O–H groups in total. The molecule has 0 heterocycles. The third-order valence-corrected chi connectivity index (χ3v) is 2.97. The quantitative estimate of drug-likeness (QED) is 0.717. The molecule has 14 heavy (non-hydrogen) atoms. The first kappa shape index (κ1) is 9.53. The summed E-state index contributed by atoms with van der Waals surface area (Å²) in [5, 5.41) is 19.3. The molecule has 0 aromatic heterocycles. The van der Waals surface area contributed by atoms with E-state index in [4.69, 9.17) is 0 Å². The van der Waals surface area contributed by atoms with Crippen LogP contribution in [0.25, 0.3) is 0 Å². The lowest BCUT2D eigenvalue weighted by molar-refractivity contribution is 0.193. The van der Waals surface area contributed by atoms with E-state index in [0.717, 1.165) is 24.8 Å². The van der Waals surface area contributed by atoms with Crippen molar-refractivity contribution in [1.82, 2.24) is 0 Å². The number of aliphatic hydroxyl groups excluding tert-OH is 1. The number of aryl methyl sites for hydroxylation is 1. The predicted octanol–water partition coefficient (Wildman–Crippen LogP) is 2.32. The van der Waals surface area contributed by atoms with E-state index in [2.05, 4.69) is 0 Å². The van der Waals surface area contributed by atoms with Crippen molar-refractivity contribution in [3.8, 4) is 5.75 Å². The maximum atomic E-state index is 9.68. The Hall–Kier alpha value is -1.02. The highest BCUT2D eigenvalue weighted by Crippen LogP contribution is 2.34. The number of hydrogen-bond acceptors (Lipinski definition) is 2. The van der Waals surface area contributed by atoms with Gasteiger partial charge in [-0.3, -0.25) is 0 Å². The van der Waals surface area contributed by atoms with Gasteiger partial charge in [0.1, 0.15) is 5.75 Å². The number of phenolic OH excluding ortho intramolecular Hbond substituents is 1. The highest BCUT2D eigenvalue weighted by atomic mass is 16.3. The van der Waals surface area contributed by atoms with Crippen LogP contribution in [-0.4, -0.2) is 10.2 Å². The van der Waals surface area contributed by atoms with E-state index in [1.807, 2.05) is 6.07 Å². The largest absolute Gasteiger partial charge is 0.508 e. The first-order valence-electron chi connectivity index (χ1n) is 5.22. The Bertz CT molecular complexity index is 342. The van der Waals surface area contributed by atoms with Crippen LogP contribution in [0.3, 0.4) is 0 Å².